The van der Waals surface area contributed by atoms with E-state index < -0.39 is 24.2 Å². The first-order valence-corrected chi connectivity index (χ1v) is 9.56. The van der Waals surface area contributed by atoms with Crippen LogP contribution in [0.15, 0.2) is 36.8 Å². The summed E-state index contributed by atoms with van der Waals surface area (Å²) in [5, 5.41) is 10.1. The third kappa shape index (κ3) is 5.97. The number of carbonyl (C=O) groups excluding carboxylic acids is 2. The number of imide groups is 1. The molecule has 1 rings (SSSR count). The molecule has 1 unspecified atom stereocenters. The number of nitrogens with zero attached hydrogens (tertiary/aromatic N) is 2. The Morgan fingerprint density at radius 3 is 2.82 bits per heavy atom. The number of rotatable bonds is 6. The van der Waals surface area contributed by atoms with E-state index in [-0.39, 0.29) is 6.54 Å². The lowest BCUT2D eigenvalue weighted by Crippen LogP contribution is -2.39. The Kier molecular flexibility index (Phi) is 7.90. The largest absolute Gasteiger partial charge is 0.440 e. The van der Waals surface area contributed by atoms with Crippen LogP contribution in [0.2, 0.25) is 0 Å². The molecule has 0 fully saturated rings. The van der Waals surface area contributed by atoms with Gasteiger partial charge in [0.15, 0.2) is 0 Å². The lowest BCUT2D eigenvalue weighted by atomic mass is 10.4. The Labute approximate surface area is 134 Å². The Morgan fingerprint density at radius 1 is 1.45 bits per heavy atom. The monoisotopic (exact) mass is 368 g/mol. The third-order valence-corrected chi connectivity index (χ3v) is 6.12. The van der Waals surface area contributed by atoms with Crippen LogP contribution in [0, 0.1) is 0 Å². The molecular formula is C10H13N2O7PS2. The van der Waals surface area contributed by atoms with Crippen molar-refractivity contribution >= 4 is 42.2 Å². The Hall–Kier alpha value is -1.07. The van der Waals surface area contributed by atoms with Crippen molar-refractivity contribution in [3.05, 3.63) is 36.8 Å². The van der Waals surface area contributed by atoms with E-state index in [1.165, 1.54) is 12.2 Å². The summed E-state index contributed by atoms with van der Waals surface area (Å²) in [7, 11) is 0. The molecule has 0 aromatic rings. The van der Waals surface area contributed by atoms with Gasteiger partial charge in [-0.3, -0.25) is 14.8 Å². The molecular weight excluding hydrogens is 355 g/mol. The fraction of sp³-hybridized carbons (Fsp3) is 0.200. The highest BCUT2D eigenvalue weighted by Gasteiger charge is 2.34. The summed E-state index contributed by atoms with van der Waals surface area (Å²) in [6, 6.07) is 0. The fourth-order valence-corrected chi connectivity index (χ4v) is 4.34. The molecule has 0 radical (unpaired) electrons. The summed E-state index contributed by atoms with van der Waals surface area (Å²) in [5.41, 5.74) is 0. The zero-order valence-corrected chi connectivity index (χ0v) is 13.7. The van der Waals surface area contributed by atoms with Crippen LogP contribution >= 0.6 is 30.2 Å². The summed E-state index contributed by atoms with van der Waals surface area (Å²) in [6.45, 7) is 2.74. The average Bonchev–Trinajstić information content (AvgIpc) is 2.43. The van der Waals surface area contributed by atoms with Crippen molar-refractivity contribution < 1.29 is 32.8 Å². The normalized spacial score (nSPS) is 24.0. The summed E-state index contributed by atoms with van der Waals surface area (Å²) in [5.74, 6) is -0.451. The molecule has 0 aromatic heterocycles. The maximum absolute atomic E-state index is 12.3. The average molecular weight is 368 g/mol. The van der Waals surface area contributed by atoms with E-state index in [2.05, 4.69) is 22.6 Å². The first kappa shape index (κ1) is 19.0. The van der Waals surface area contributed by atoms with Crippen molar-refractivity contribution in [2.45, 2.75) is 0 Å². The van der Waals surface area contributed by atoms with Crippen molar-refractivity contribution in [3.8, 4) is 0 Å². The second kappa shape index (κ2) is 9.16. The molecule has 0 saturated heterocycles. The van der Waals surface area contributed by atoms with Crippen LogP contribution in [0.5, 0.6) is 0 Å². The van der Waals surface area contributed by atoms with Gasteiger partial charge in [-0.25, -0.2) is 18.2 Å². The highest BCUT2D eigenvalue weighted by molar-refractivity contribution is 8.57. The predicted molar refractivity (Wildman–Crippen MR) is 81.2 cm³/mol. The fourth-order valence-electron chi connectivity index (χ4n) is 1.05. The van der Waals surface area contributed by atoms with Gasteiger partial charge in [0.05, 0.1) is 6.54 Å². The van der Waals surface area contributed by atoms with Gasteiger partial charge in [0.2, 0.25) is 0 Å². The van der Waals surface area contributed by atoms with Crippen molar-refractivity contribution in [3.63, 3.8) is 0 Å². The van der Waals surface area contributed by atoms with E-state index in [1.807, 2.05) is 0 Å². The minimum absolute atomic E-state index is 0.149. The van der Waals surface area contributed by atoms with Gasteiger partial charge in [0, 0.05) is 23.9 Å². The van der Waals surface area contributed by atoms with Crippen LogP contribution in [-0.2, 0) is 22.8 Å². The lowest BCUT2D eigenvalue weighted by molar-refractivity contribution is -0.446. The topological polar surface area (TPSA) is 106 Å². The first-order chi connectivity index (χ1) is 10.4. The lowest BCUT2D eigenvalue weighted by Gasteiger charge is -2.22. The van der Waals surface area contributed by atoms with E-state index in [1.54, 1.807) is 0 Å². The molecule has 0 spiro atoms. The highest BCUT2D eigenvalue weighted by Crippen LogP contribution is 2.64. The molecule has 22 heavy (non-hydrogen) atoms. The van der Waals surface area contributed by atoms with Gasteiger partial charge in [-0.2, -0.15) is 0 Å². The Bertz CT molecular complexity index is 527. The van der Waals surface area contributed by atoms with Crippen LogP contribution in [0.3, 0.4) is 0 Å². The molecule has 2 amide bonds. The van der Waals surface area contributed by atoms with Crippen molar-refractivity contribution in [1.29, 1.82) is 0 Å². The molecule has 1 N–H and O–H groups in total. The zero-order valence-electron chi connectivity index (χ0n) is 11.2. The minimum Gasteiger partial charge on any atom is -0.298 e. The standard InChI is InChI=1S/C10H13N2O7PS2/c1-3-6-11-9(13)5-8-22-20(16,19-21-7-4-2)18-12(15)17-10(11)14/h3-5,8,15H,1-2,6-7H2. The van der Waals surface area contributed by atoms with E-state index in [0.717, 1.165) is 23.5 Å². The summed E-state index contributed by atoms with van der Waals surface area (Å²) in [6.07, 6.45) is 2.52. The van der Waals surface area contributed by atoms with E-state index >= 15 is 0 Å². The molecule has 9 nitrogen and oxygen atoms in total. The quantitative estimate of drug-likeness (QED) is 0.325. The number of hydrogen-bond donors (Lipinski definition) is 1. The molecule has 1 aliphatic rings. The maximum Gasteiger partial charge on any atom is 0.440 e. The molecule has 1 atom stereocenters. The zero-order chi connectivity index (χ0) is 16.6. The van der Waals surface area contributed by atoms with E-state index in [0.29, 0.717) is 22.0 Å². The molecule has 1 aliphatic heterocycles. The summed E-state index contributed by atoms with van der Waals surface area (Å²) < 4.78 is 21.7. The van der Waals surface area contributed by atoms with Gasteiger partial charge in [0.25, 0.3) is 5.91 Å². The van der Waals surface area contributed by atoms with Gasteiger partial charge in [-0.05, 0) is 16.8 Å². The van der Waals surface area contributed by atoms with Crippen LogP contribution in [0.1, 0.15) is 0 Å². The smallest absolute Gasteiger partial charge is 0.298 e. The van der Waals surface area contributed by atoms with E-state index in [9.17, 15) is 19.4 Å². The second-order valence-electron chi connectivity index (χ2n) is 3.42. The van der Waals surface area contributed by atoms with E-state index in [4.69, 9.17) is 3.97 Å². The predicted octanol–water partition coefficient (Wildman–Crippen LogP) is 2.89. The molecule has 1 heterocycles. The maximum atomic E-state index is 12.3. The van der Waals surface area contributed by atoms with Gasteiger partial charge in [0.1, 0.15) is 5.39 Å². The van der Waals surface area contributed by atoms with Crippen molar-refractivity contribution in [2.75, 3.05) is 12.3 Å². The Balaban J connectivity index is 2.92. The molecule has 12 heteroatoms. The Morgan fingerprint density at radius 2 is 2.18 bits per heavy atom. The summed E-state index contributed by atoms with van der Waals surface area (Å²) in [4.78, 5) is 28.4. The van der Waals surface area contributed by atoms with Crippen molar-refractivity contribution in [1.82, 2.24) is 10.3 Å². The molecule has 0 bridgehead atoms. The van der Waals surface area contributed by atoms with Gasteiger partial charge < -0.3 is 0 Å². The van der Waals surface area contributed by atoms with Gasteiger partial charge in [-0.15, -0.1) is 17.8 Å². The van der Waals surface area contributed by atoms with Crippen LogP contribution in [-0.4, -0.2) is 39.8 Å². The minimum atomic E-state index is -3.95. The van der Waals surface area contributed by atoms with Gasteiger partial charge >= 0.3 is 12.9 Å². The van der Waals surface area contributed by atoms with Gasteiger partial charge in [-0.1, -0.05) is 12.2 Å². The third-order valence-electron chi connectivity index (χ3n) is 1.85. The number of hydrogen-bond acceptors (Lipinski definition) is 10. The summed E-state index contributed by atoms with van der Waals surface area (Å²) >= 11 is 1.26. The second-order valence-corrected chi connectivity index (χ2v) is 8.10. The number of amides is 2. The van der Waals surface area contributed by atoms with Crippen LogP contribution in [0.4, 0.5) is 4.79 Å². The SMILES string of the molecule is C=CCSOP1(=O)ON(O)OC(=O)N(CC=C)C(=O)C=CS1. The molecule has 0 saturated carbocycles. The van der Waals surface area contributed by atoms with Crippen LogP contribution < -0.4 is 0 Å². The molecule has 0 aliphatic carbocycles. The van der Waals surface area contributed by atoms with Crippen LogP contribution in [0.25, 0.3) is 0 Å². The number of carbonyl (C=O) groups is 2. The molecule has 0 aromatic carbocycles. The van der Waals surface area contributed by atoms with Crippen molar-refractivity contribution in [2.24, 2.45) is 0 Å². The highest BCUT2D eigenvalue weighted by atomic mass is 32.7. The first-order valence-electron chi connectivity index (χ1n) is 5.62. The molecule has 122 valence electrons.